The third-order valence-corrected chi connectivity index (χ3v) is 3.32. The summed E-state index contributed by atoms with van der Waals surface area (Å²) in [5.74, 6) is -0.205. The molecule has 0 radical (unpaired) electrons. The van der Waals surface area contributed by atoms with E-state index in [1.165, 1.54) is 6.07 Å². The van der Waals surface area contributed by atoms with Crippen molar-refractivity contribution in [3.63, 3.8) is 0 Å². The van der Waals surface area contributed by atoms with E-state index >= 15 is 0 Å². The number of likely N-dealkylation sites (N-methyl/N-ethyl adjacent to an activating group) is 1. The van der Waals surface area contributed by atoms with Crippen molar-refractivity contribution in [1.29, 1.82) is 0 Å². The first kappa shape index (κ1) is 10.6. The van der Waals surface area contributed by atoms with Crippen LogP contribution in [0, 0.1) is 5.82 Å². The molecule has 2 N–H and O–H groups in total. The Bertz CT molecular complexity index is 479. The monoisotopic (exact) mass is 270 g/mol. The van der Waals surface area contributed by atoms with Crippen LogP contribution in [0.2, 0.25) is 0 Å². The number of H-pyrrole nitrogens is 1. The number of benzene rings is 1. The van der Waals surface area contributed by atoms with Gasteiger partial charge in [0, 0.05) is 28.5 Å². The lowest BCUT2D eigenvalue weighted by Crippen LogP contribution is -2.10. The minimum absolute atomic E-state index is 0.205. The van der Waals surface area contributed by atoms with Gasteiger partial charge in [-0.15, -0.1) is 0 Å². The number of hydrogen-bond donors (Lipinski definition) is 2. The van der Waals surface area contributed by atoms with Crippen LogP contribution in [0.4, 0.5) is 4.39 Å². The van der Waals surface area contributed by atoms with Crippen molar-refractivity contribution >= 4 is 26.8 Å². The van der Waals surface area contributed by atoms with Crippen LogP contribution >= 0.6 is 15.9 Å². The van der Waals surface area contributed by atoms with Crippen LogP contribution in [0.25, 0.3) is 10.9 Å². The van der Waals surface area contributed by atoms with Crippen molar-refractivity contribution in [3.8, 4) is 0 Å². The maximum absolute atomic E-state index is 13.4. The molecule has 1 heterocycles. The predicted octanol–water partition coefficient (Wildman–Crippen LogP) is 2.83. The molecule has 15 heavy (non-hydrogen) atoms. The van der Waals surface area contributed by atoms with Gasteiger partial charge in [0.1, 0.15) is 5.82 Å². The molecule has 0 unspecified atom stereocenters. The van der Waals surface area contributed by atoms with Crippen molar-refractivity contribution in [2.75, 3.05) is 13.6 Å². The van der Waals surface area contributed by atoms with Gasteiger partial charge in [0.05, 0.1) is 5.52 Å². The predicted molar refractivity (Wildman–Crippen MR) is 63.6 cm³/mol. The Morgan fingerprint density at radius 2 is 2.27 bits per heavy atom. The fourth-order valence-corrected chi connectivity index (χ4v) is 2.25. The van der Waals surface area contributed by atoms with E-state index < -0.39 is 0 Å². The standard InChI is InChI=1S/C11H12BrFN2/c1-14-6-5-9-10(12)7-3-2-4-8(13)11(7)15-9/h2-4,14-15H,5-6H2,1H3. The molecule has 1 aromatic heterocycles. The molecule has 80 valence electrons. The summed E-state index contributed by atoms with van der Waals surface area (Å²) in [6.45, 7) is 0.868. The lowest BCUT2D eigenvalue weighted by Gasteiger charge is -1.97. The second-order valence-corrected chi connectivity index (χ2v) is 4.23. The molecule has 0 bridgehead atoms. The summed E-state index contributed by atoms with van der Waals surface area (Å²) >= 11 is 3.49. The Morgan fingerprint density at radius 1 is 1.47 bits per heavy atom. The molecule has 0 aliphatic rings. The minimum Gasteiger partial charge on any atom is -0.355 e. The number of fused-ring (bicyclic) bond motifs is 1. The van der Waals surface area contributed by atoms with Crippen molar-refractivity contribution in [3.05, 3.63) is 34.2 Å². The normalized spacial score (nSPS) is 11.1. The molecule has 0 saturated heterocycles. The topological polar surface area (TPSA) is 27.8 Å². The molecule has 0 atom stereocenters. The number of rotatable bonds is 3. The first-order chi connectivity index (χ1) is 7.24. The van der Waals surface area contributed by atoms with E-state index in [0.717, 1.165) is 28.5 Å². The summed E-state index contributed by atoms with van der Waals surface area (Å²) in [6, 6.07) is 5.09. The molecule has 0 spiro atoms. The highest BCUT2D eigenvalue weighted by Gasteiger charge is 2.10. The maximum Gasteiger partial charge on any atom is 0.147 e. The van der Waals surface area contributed by atoms with Crippen LogP contribution in [0.1, 0.15) is 5.69 Å². The summed E-state index contributed by atoms with van der Waals surface area (Å²) in [4.78, 5) is 3.11. The Labute approximate surface area is 96.0 Å². The van der Waals surface area contributed by atoms with Gasteiger partial charge in [-0.25, -0.2) is 4.39 Å². The second kappa shape index (κ2) is 4.33. The first-order valence-electron chi connectivity index (χ1n) is 4.83. The van der Waals surface area contributed by atoms with Gasteiger partial charge < -0.3 is 10.3 Å². The van der Waals surface area contributed by atoms with Gasteiger partial charge in [-0.3, -0.25) is 0 Å². The lowest BCUT2D eigenvalue weighted by molar-refractivity contribution is 0.637. The fourth-order valence-electron chi connectivity index (χ4n) is 1.62. The lowest BCUT2D eigenvalue weighted by atomic mass is 10.2. The number of hydrogen-bond acceptors (Lipinski definition) is 1. The van der Waals surface area contributed by atoms with Crippen LogP contribution in [0.3, 0.4) is 0 Å². The van der Waals surface area contributed by atoms with E-state index in [4.69, 9.17) is 0 Å². The second-order valence-electron chi connectivity index (χ2n) is 3.43. The van der Waals surface area contributed by atoms with Crippen molar-refractivity contribution in [2.45, 2.75) is 6.42 Å². The Morgan fingerprint density at radius 3 is 2.93 bits per heavy atom. The van der Waals surface area contributed by atoms with Crippen molar-refractivity contribution in [2.24, 2.45) is 0 Å². The van der Waals surface area contributed by atoms with E-state index in [1.807, 2.05) is 13.1 Å². The summed E-state index contributed by atoms with van der Waals surface area (Å²) in [6.07, 6.45) is 0.852. The fraction of sp³-hybridized carbons (Fsp3) is 0.273. The van der Waals surface area contributed by atoms with Gasteiger partial charge in [0.15, 0.2) is 0 Å². The summed E-state index contributed by atoms with van der Waals surface area (Å²) in [5.41, 5.74) is 1.61. The number of aromatic nitrogens is 1. The molecule has 0 fully saturated rings. The average molecular weight is 271 g/mol. The molecule has 2 nitrogen and oxygen atoms in total. The van der Waals surface area contributed by atoms with Gasteiger partial charge in [-0.1, -0.05) is 12.1 Å². The van der Waals surface area contributed by atoms with Crippen molar-refractivity contribution in [1.82, 2.24) is 10.3 Å². The zero-order valence-corrected chi connectivity index (χ0v) is 9.99. The van der Waals surface area contributed by atoms with E-state index in [9.17, 15) is 4.39 Å². The molecule has 0 saturated carbocycles. The molecule has 2 rings (SSSR count). The molecule has 0 amide bonds. The largest absolute Gasteiger partial charge is 0.355 e. The van der Waals surface area contributed by atoms with Crippen LogP contribution in [0.15, 0.2) is 22.7 Å². The van der Waals surface area contributed by atoms with Gasteiger partial charge in [-0.2, -0.15) is 0 Å². The molecule has 0 aliphatic carbocycles. The molecular weight excluding hydrogens is 259 g/mol. The van der Waals surface area contributed by atoms with E-state index in [0.29, 0.717) is 5.52 Å². The quantitative estimate of drug-likeness (QED) is 0.882. The molecule has 2 aromatic rings. The van der Waals surface area contributed by atoms with Gasteiger partial charge in [-0.05, 0) is 29.0 Å². The van der Waals surface area contributed by atoms with Gasteiger partial charge in [0.2, 0.25) is 0 Å². The maximum atomic E-state index is 13.4. The Kier molecular flexibility index (Phi) is 3.07. The smallest absolute Gasteiger partial charge is 0.147 e. The third-order valence-electron chi connectivity index (χ3n) is 2.42. The highest BCUT2D eigenvalue weighted by atomic mass is 79.9. The number of nitrogens with one attached hydrogen (secondary N) is 2. The van der Waals surface area contributed by atoms with E-state index in [-0.39, 0.29) is 5.82 Å². The summed E-state index contributed by atoms with van der Waals surface area (Å²) in [5, 5.41) is 3.97. The molecule has 0 aliphatic heterocycles. The van der Waals surface area contributed by atoms with E-state index in [2.05, 4.69) is 26.2 Å². The SMILES string of the molecule is CNCCc1[nH]c2c(F)cccc2c1Br. The summed E-state index contributed by atoms with van der Waals surface area (Å²) < 4.78 is 14.4. The Hall–Kier alpha value is -0.870. The van der Waals surface area contributed by atoms with Gasteiger partial charge in [0.25, 0.3) is 0 Å². The highest BCUT2D eigenvalue weighted by Crippen LogP contribution is 2.29. The first-order valence-corrected chi connectivity index (χ1v) is 5.62. The van der Waals surface area contributed by atoms with Crippen LogP contribution in [-0.2, 0) is 6.42 Å². The highest BCUT2D eigenvalue weighted by molar-refractivity contribution is 9.10. The van der Waals surface area contributed by atoms with Crippen molar-refractivity contribution < 1.29 is 4.39 Å². The molecular formula is C11H12BrFN2. The van der Waals surface area contributed by atoms with Crippen LogP contribution in [0.5, 0.6) is 0 Å². The number of aromatic amines is 1. The summed E-state index contributed by atoms with van der Waals surface area (Å²) in [7, 11) is 1.90. The Balaban J connectivity index is 2.49. The average Bonchev–Trinajstić information content (AvgIpc) is 2.55. The minimum atomic E-state index is -0.205. The number of halogens is 2. The third kappa shape index (κ3) is 1.92. The molecule has 4 heteroatoms. The van der Waals surface area contributed by atoms with Crippen LogP contribution in [-0.4, -0.2) is 18.6 Å². The zero-order chi connectivity index (χ0) is 10.8. The van der Waals surface area contributed by atoms with Gasteiger partial charge >= 0.3 is 0 Å². The molecule has 1 aromatic carbocycles. The zero-order valence-electron chi connectivity index (χ0n) is 8.40. The van der Waals surface area contributed by atoms with E-state index in [1.54, 1.807) is 6.07 Å². The van der Waals surface area contributed by atoms with Crippen LogP contribution < -0.4 is 5.32 Å². The number of para-hydroxylation sites is 1.